The molecule has 5 nitrogen and oxygen atoms in total. The van der Waals surface area contributed by atoms with Gasteiger partial charge in [-0.05, 0) is 25.6 Å². The van der Waals surface area contributed by atoms with Gasteiger partial charge in [-0.1, -0.05) is 18.2 Å². The number of nitrogens with one attached hydrogen (secondary N) is 1. The van der Waals surface area contributed by atoms with E-state index in [1.807, 2.05) is 37.4 Å². The van der Waals surface area contributed by atoms with Gasteiger partial charge in [0.2, 0.25) is 5.91 Å². The van der Waals surface area contributed by atoms with E-state index in [4.69, 9.17) is 5.26 Å². The van der Waals surface area contributed by atoms with Crippen molar-refractivity contribution in [1.29, 1.82) is 5.26 Å². The number of rotatable bonds is 5. The number of para-hydroxylation sites is 1. The van der Waals surface area contributed by atoms with Crippen LogP contribution in [-0.4, -0.2) is 50.1 Å². The predicted octanol–water partition coefficient (Wildman–Crippen LogP) is 0.837. The van der Waals surface area contributed by atoms with Gasteiger partial charge in [0, 0.05) is 24.8 Å². The number of hydrogen-bond acceptors (Lipinski definition) is 4. The summed E-state index contributed by atoms with van der Waals surface area (Å²) in [6.45, 7) is 2.27. The molecule has 1 heterocycles. The number of amides is 1. The molecule has 5 heteroatoms. The minimum Gasteiger partial charge on any atom is -0.316 e. The van der Waals surface area contributed by atoms with E-state index >= 15 is 0 Å². The number of carbonyl (C=O) groups is 1. The van der Waals surface area contributed by atoms with Crippen molar-refractivity contribution in [2.75, 3.05) is 38.1 Å². The second-order valence-electron chi connectivity index (χ2n) is 4.98. The van der Waals surface area contributed by atoms with Crippen LogP contribution in [0.4, 0.5) is 5.69 Å². The molecule has 1 N–H and O–H groups in total. The van der Waals surface area contributed by atoms with Crippen LogP contribution in [0.5, 0.6) is 0 Å². The number of nitrogens with zero attached hydrogens (tertiary/aromatic N) is 3. The zero-order valence-electron chi connectivity index (χ0n) is 11.7. The molecule has 1 aliphatic heterocycles. The summed E-state index contributed by atoms with van der Waals surface area (Å²) in [5.74, 6) is -0.0190. The molecule has 1 aromatic carbocycles. The van der Waals surface area contributed by atoms with Gasteiger partial charge in [0.25, 0.3) is 0 Å². The van der Waals surface area contributed by atoms with Crippen molar-refractivity contribution in [3.8, 4) is 6.07 Å². The summed E-state index contributed by atoms with van der Waals surface area (Å²) in [7, 11) is 1.95. The number of likely N-dealkylation sites (N-methyl/N-ethyl adjacent to an activating group) is 1. The summed E-state index contributed by atoms with van der Waals surface area (Å²) in [5, 5.41) is 12.2. The summed E-state index contributed by atoms with van der Waals surface area (Å²) in [5.41, 5.74) is 0.781. The predicted molar refractivity (Wildman–Crippen MR) is 78.3 cm³/mol. The molecule has 106 valence electrons. The second kappa shape index (κ2) is 7.04. The topological polar surface area (TPSA) is 59.4 Å². The largest absolute Gasteiger partial charge is 0.316 e. The van der Waals surface area contributed by atoms with Crippen molar-refractivity contribution in [3.63, 3.8) is 0 Å². The van der Waals surface area contributed by atoms with E-state index in [0.717, 1.165) is 25.2 Å². The van der Waals surface area contributed by atoms with Crippen LogP contribution in [0.3, 0.4) is 0 Å². The number of hydrogen-bond donors (Lipinski definition) is 1. The van der Waals surface area contributed by atoms with E-state index in [1.165, 1.54) is 0 Å². The molecule has 1 aliphatic rings. The minimum atomic E-state index is -0.0190. The van der Waals surface area contributed by atoms with Crippen LogP contribution in [0.2, 0.25) is 0 Å². The Morgan fingerprint density at radius 1 is 1.50 bits per heavy atom. The van der Waals surface area contributed by atoms with Gasteiger partial charge in [-0.25, -0.2) is 0 Å². The minimum absolute atomic E-state index is 0.0190. The third-order valence-corrected chi connectivity index (χ3v) is 3.64. The molecule has 0 saturated carbocycles. The Balaban J connectivity index is 2.00. The van der Waals surface area contributed by atoms with Crippen molar-refractivity contribution in [2.24, 2.45) is 0 Å². The lowest BCUT2D eigenvalue weighted by atomic mass is 10.2. The van der Waals surface area contributed by atoms with E-state index in [0.29, 0.717) is 12.6 Å². The standard InChI is InChI=1S/C15H20N4O/c1-17-13-7-9-18(11-13)12-15(20)19(10-8-16)14-5-3-2-4-6-14/h2-6,13,17H,7,9-12H2,1H3. The van der Waals surface area contributed by atoms with E-state index in [-0.39, 0.29) is 12.5 Å². The van der Waals surface area contributed by atoms with Crippen molar-refractivity contribution in [1.82, 2.24) is 10.2 Å². The quantitative estimate of drug-likeness (QED) is 0.807. The van der Waals surface area contributed by atoms with E-state index < -0.39 is 0 Å². The molecule has 1 saturated heterocycles. The Bertz CT molecular complexity index is 482. The lowest BCUT2D eigenvalue weighted by Gasteiger charge is -2.23. The Morgan fingerprint density at radius 3 is 2.85 bits per heavy atom. The molecule has 1 fully saturated rings. The van der Waals surface area contributed by atoms with Crippen LogP contribution in [-0.2, 0) is 4.79 Å². The van der Waals surface area contributed by atoms with Gasteiger partial charge < -0.3 is 5.32 Å². The van der Waals surface area contributed by atoms with Crippen LogP contribution in [0.1, 0.15) is 6.42 Å². The lowest BCUT2D eigenvalue weighted by molar-refractivity contribution is -0.119. The maximum Gasteiger partial charge on any atom is 0.242 e. The molecule has 1 aromatic rings. The molecule has 0 aromatic heterocycles. The second-order valence-corrected chi connectivity index (χ2v) is 4.98. The average Bonchev–Trinajstić information content (AvgIpc) is 2.93. The van der Waals surface area contributed by atoms with Crippen molar-refractivity contribution in [3.05, 3.63) is 30.3 Å². The molecule has 0 radical (unpaired) electrons. The first-order chi connectivity index (χ1) is 9.74. The average molecular weight is 272 g/mol. The number of likely N-dealkylation sites (tertiary alicyclic amines) is 1. The molecule has 1 atom stereocenters. The van der Waals surface area contributed by atoms with E-state index in [9.17, 15) is 4.79 Å². The first kappa shape index (κ1) is 14.5. The SMILES string of the molecule is CNC1CCN(CC(=O)N(CC#N)c2ccccc2)C1. The summed E-state index contributed by atoms with van der Waals surface area (Å²) in [4.78, 5) is 16.1. The van der Waals surface area contributed by atoms with Crippen molar-refractivity contribution >= 4 is 11.6 Å². The highest BCUT2D eigenvalue weighted by molar-refractivity contribution is 5.95. The fourth-order valence-corrected chi connectivity index (χ4v) is 2.49. The zero-order chi connectivity index (χ0) is 14.4. The van der Waals surface area contributed by atoms with Crippen molar-refractivity contribution < 1.29 is 4.79 Å². The molecular weight excluding hydrogens is 252 g/mol. The van der Waals surface area contributed by atoms with Gasteiger partial charge in [0.15, 0.2) is 0 Å². The molecule has 20 heavy (non-hydrogen) atoms. The smallest absolute Gasteiger partial charge is 0.242 e. The zero-order valence-corrected chi connectivity index (χ0v) is 11.7. The monoisotopic (exact) mass is 272 g/mol. The summed E-state index contributed by atoms with van der Waals surface area (Å²) in [6, 6.07) is 11.9. The normalized spacial score (nSPS) is 18.7. The van der Waals surface area contributed by atoms with E-state index in [1.54, 1.807) is 4.90 Å². The summed E-state index contributed by atoms with van der Waals surface area (Å²) < 4.78 is 0. The summed E-state index contributed by atoms with van der Waals surface area (Å²) in [6.07, 6.45) is 1.06. The molecule has 0 bridgehead atoms. The molecular formula is C15H20N4O. The molecule has 2 rings (SSSR count). The van der Waals surface area contributed by atoms with Crippen LogP contribution in [0.15, 0.2) is 30.3 Å². The number of nitriles is 1. The Labute approximate surface area is 119 Å². The van der Waals surface area contributed by atoms with Crippen LogP contribution >= 0.6 is 0 Å². The lowest BCUT2D eigenvalue weighted by Crippen LogP contribution is -2.41. The molecule has 1 unspecified atom stereocenters. The highest BCUT2D eigenvalue weighted by Gasteiger charge is 2.25. The third kappa shape index (κ3) is 3.56. The number of carbonyl (C=O) groups excluding carboxylic acids is 1. The highest BCUT2D eigenvalue weighted by Crippen LogP contribution is 2.15. The van der Waals surface area contributed by atoms with Gasteiger partial charge >= 0.3 is 0 Å². The van der Waals surface area contributed by atoms with Crippen LogP contribution < -0.4 is 10.2 Å². The van der Waals surface area contributed by atoms with Crippen LogP contribution in [0, 0.1) is 11.3 Å². The van der Waals surface area contributed by atoms with Crippen molar-refractivity contribution in [2.45, 2.75) is 12.5 Å². The molecule has 0 aliphatic carbocycles. The number of benzene rings is 1. The Kier molecular flexibility index (Phi) is 5.10. The highest BCUT2D eigenvalue weighted by atomic mass is 16.2. The maximum absolute atomic E-state index is 12.4. The molecule has 1 amide bonds. The molecule has 0 spiro atoms. The maximum atomic E-state index is 12.4. The Morgan fingerprint density at radius 2 is 2.25 bits per heavy atom. The van der Waals surface area contributed by atoms with Gasteiger partial charge in [-0.3, -0.25) is 14.6 Å². The van der Waals surface area contributed by atoms with Gasteiger partial charge in [-0.2, -0.15) is 5.26 Å². The summed E-state index contributed by atoms with van der Waals surface area (Å²) >= 11 is 0. The van der Waals surface area contributed by atoms with Crippen LogP contribution in [0.25, 0.3) is 0 Å². The van der Waals surface area contributed by atoms with Gasteiger partial charge in [-0.15, -0.1) is 0 Å². The van der Waals surface area contributed by atoms with Gasteiger partial charge in [0.05, 0.1) is 12.6 Å². The van der Waals surface area contributed by atoms with E-state index in [2.05, 4.69) is 16.3 Å². The first-order valence-electron chi connectivity index (χ1n) is 6.86. The fourth-order valence-electron chi connectivity index (χ4n) is 2.49. The van der Waals surface area contributed by atoms with Gasteiger partial charge in [0.1, 0.15) is 6.54 Å². The number of anilines is 1. The third-order valence-electron chi connectivity index (χ3n) is 3.64. The first-order valence-corrected chi connectivity index (χ1v) is 6.86. The fraction of sp³-hybridized carbons (Fsp3) is 0.467. The Hall–Kier alpha value is -1.90.